The van der Waals surface area contributed by atoms with Gasteiger partial charge in [-0.05, 0) is 17.9 Å². The van der Waals surface area contributed by atoms with Crippen LogP contribution >= 0.6 is 11.6 Å². The van der Waals surface area contributed by atoms with E-state index in [1.54, 1.807) is 12.1 Å². The number of rotatable bonds is 2. The lowest BCUT2D eigenvalue weighted by Crippen LogP contribution is -2.40. The number of aliphatic hydroxyl groups is 1. The first-order chi connectivity index (χ1) is 6.72. The molecule has 0 saturated carbocycles. The lowest BCUT2D eigenvalue weighted by Gasteiger charge is -2.31. The highest BCUT2D eigenvalue weighted by molar-refractivity contribution is 6.31. The molecule has 0 aliphatic rings. The van der Waals surface area contributed by atoms with Gasteiger partial charge in [0.25, 0.3) is 0 Å². The topological polar surface area (TPSA) is 46.2 Å². The summed E-state index contributed by atoms with van der Waals surface area (Å²) in [4.78, 5) is 0. The van der Waals surface area contributed by atoms with Gasteiger partial charge in [0, 0.05) is 10.6 Å². The summed E-state index contributed by atoms with van der Waals surface area (Å²) in [6.07, 6.45) is 0.462. The molecule has 0 spiro atoms. The Morgan fingerprint density at radius 2 is 1.80 bits per heavy atom. The van der Waals surface area contributed by atoms with Crippen LogP contribution in [0.2, 0.25) is 5.02 Å². The smallest absolute Gasteiger partial charge is 0.141 e. The van der Waals surface area contributed by atoms with E-state index in [1.165, 1.54) is 0 Å². The summed E-state index contributed by atoms with van der Waals surface area (Å²) in [5.74, 6) is 0. The molecule has 0 aliphatic heterocycles. The molecule has 15 heavy (non-hydrogen) atoms. The molecule has 1 rings (SSSR count). The van der Waals surface area contributed by atoms with Gasteiger partial charge in [-0.1, -0.05) is 50.6 Å². The van der Waals surface area contributed by atoms with Crippen molar-refractivity contribution in [1.82, 2.24) is 0 Å². The zero-order valence-corrected chi connectivity index (χ0v) is 10.2. The Labute approximate surface area is 96.1 Å². The van der Waals surface area contributed by atoms with Gasteiger partial charge in [-0.15, -0.1) is 0 Å². The van der Waals surface area contributed by atoms with Crippen molar-refractivity contribution in [3.8, 4) is 0 Å². The number of halogens is 1. The fraction of sp³-hybridized carbons (Fsp3) is 0.500. The van der Waals surface area contributed by atoms with Crippen LogP contribution in [-0.4, -0.2) is 5.11 Å². The SMILES string of the molecule is CC(C)(C)CC(N)(O)c1ccccc1Cl. The molecular weight excluding hydrogens is 210 g/mol. The number of benzene rings is 1. The van der Waals surface area contributed by atoms with Crippen molar-refractivity contribution < 1.29 is 5.11 Å². The summed E-state index contributed by atoms with van der Waals surface area (Å²) in [7, 11) is 0. The molecule has 0 aromatic heterocycles. The maximum Gasteiger partial charge on any atom is 0.141 e. The van der Waals surface area contributed by atoms with E-state index in [0.717, 1.165) is 0 Å². The highest BCUT2D eigenvalue weighted by atomic mass is 35.5. The fourth-order valence-corrected chi connectivity index (χ4v) is 2.02. The summed E-state index contributed by atoms with van der Waals surface area (Å²) in [5, 5.41) is 10.7. The van der Waals surface area contributed by atoms with Gasteiger partial charge in [-0.3, -0.25) is 5.73 Å². The Balaban J connectivity index is 3.01. The van der Waals surface area contributed by atoms with Gasteiger partial charge < -0.3 is 5.11 Å². The van der Waals surface area contributed by atoms with Crippen LogP contribution in [0.3, 0.4) is 0 Å². The van der Waals surface area contributed by atoms with E-state index in [-0.39, 0.29) is 5.41 Å². The van der Waals surface area contributed by atoms with Crippen LogP contribution in [0.4, 0.5) is 0 Å². The zero-order chi connectivity index (χ0) is 11.7. The Hall–Kier alpha value is -0.570. The average molecular weight is 228 g/mol. The van der Waals surface area contributed by atoms with E-state index in [4.69, 9.17) is 17.3 Å². The molecule has 0 heterocycles. The first-order valence-corrected chi connectivity index (χ1v) is 5.36. The zero-order valence-electron chi connectivity index (χ0n) is 9.42. The minimum absolute atomic E-state index is 0.0529. The fourth-order valence-electron chi connectivity index (χ4n) is 1.72. The van der Waals surface area contributed by atoms with E-state index < -0.39 is 5.72 Å². The summed E-state index contributed by atoms with van der Waals surface area (Å²) < 4.78 is 0. The van der Waals surface area contributed by atoms with E-state index in [0.29, 0.717) is 17.0 Å². The molecule has 0 bridgehead atoms. The van der Waals surface area contributed by atoms with Crippen LogP contribution in [0.1, 0.15) is 32.8 Å². The van der Waals surface area contributed by atoms with Crippen LogP contribution in [0, 0.1) is 5.41 Å². The van der Waals surface area contributed by atoms with Crippen LogP contribution in [0.15, 0.2) is 24.3 Å². The van der Waals surface area contributed by atoms with Crippen LogP contribution in [0.25, 0.3) is 0 Å². The second-order valence-electron chi connectivity index (χ2n) is 5.14. The molecule has 2 nitrogen and oxygen atoms in total. The maximum atomic E-state index is 10.2. The van der Waals surface area contributed by atoms with Gasteiger partial charge in [-0.25, -0.2) is 0 Å². The summed E-state index contributed by atoms with van der Waals surface area (Å²) in [6.45, 7) is 6.09. The highest BCUT2D eigenvalue weighted by Gasteiger charge is 2.31. The predicted octanol–water partition coefficient (Wildman–Crippen LogP) is 2.88. The van der Waals surface area contributed by atoms with E-state index in [1.807, 2.05) is 32.9 Å². The van der Waals surface area contributed by atoms with Crippen molar-refractivity contribution in [3.05, 3.63) is 34.9 Å². The lowest BCUT2D eigenvalue weighted by atomic mass is 9.83. The Morgan fingerprint density at radius 3 is 2.27 bits per heavy atom. The molecule has 3 N–H and O–H groups in total. The third kappa shape index (κ3) is 3.49. The van der Waals surface area contributed by atoms with Gasteiger partial charge in [0.05, 0.1) is 0 Å². The minimum Gasteiger partial charge on any atom is -0.372 e. The first kappa shape index (κ1) is 12.5. The molecule has 1 atom stereocenters. The van der Waals surface area contributed by atoms with E-state index >= 15 is 0 Å². The molecule has 0 saturated heterocycles. The third-order valence-electron chi connectivity index (χ3n) is 2.14. The van der Waals surface area contributed by atoms with Gasteiger partial charge in [0.1, 0.15) is 5.72 Å². The Morgan fingerprint density at radius 1 is 1.27 bits per heavy atom. The standard InChI is InChI=1S/C12H18ClNO/c1-11(2,3)8-12(14,15)9-6-4-5-7-10(9)13/h4-7,15H,8,14H2,1-3H3. The number of nitrogens with two attached hydrogens (primary N) is 1. The average Bonchev–Trinajstić information content (AvgIpc) is 1.99. The quantitative estimate of drug-likeness (QED) is 0.764. The lowest BCUT2D eigenvalue weighted by molar-refractivity contribution is 0.00301. The maximum absolute atomic E-state index is 10.2. The summed E-state index contributed by atoms with van der Waals surface area (Å²) in [5.41, 5.74) is 5.06. The van der Waals surface area contributed by atoms with Gasteiger partial charge >= 0.3 is 0 Å². The van der Waals surface area contributed by atoms with Crippen molar-refractivity contribution >= 4 is 11.6 Å². The normalized spacial score (nSPS) is 16.1. The minimum atomic E-state index is -1.36. The van der Waals surface area contributed by atoms with E-state index in [2.05, 4.69) is 0 Å². The first-order valence-electron chi connectivity index (χ1n) is 4.99. The molecule has 1 aromatic carbocycles. The number of hydrogen-bond acceptors (Lipinski definition) is 2. The monoisotopic (exact) mass is 227 g/mol. The molecule has 1 aromatic rings. The Bertz CT molecular complexity index is 342. The van der Waals surface area contributed by atoms with Gasteiger partial charge in [0.15, 0.2) is 0 Å². The van der Waals surface area contributed by atoms with Gasteiger partial charge in [-0.2, -0.15) is 0 Å². The van der Waals surface area contributed by atoms with Gasteiger partial charge in [0.2, 0.25) is 0 Å². The van der Waals surface area contributed by atoms with Crippen molar-refractivity contribution in [3.63, 3.8) is 0 Å². The van der Waals surface area contributed by atoms with Crippen molar-refractivity contribution in [2.75, 3.05) is 0 Å². The molecule has 0 radical (unpaired) electrons. The third-order valence-corrected chi connectivity index (χ3v) is 2.47. The molecule has 3 heteroatoms. The van der Waals surface area contributed by atoms with E-state index in [9.17, 15) is 5.11 Å². The Kier molecular flexibility index (Phi) is 3.44. The van der Waals surface area contributed by atoms with Crippen LogP contribution in [-0.2, 0) is 5.72 Å². The molecule has 0 aliphatic carbocycles. The largest absolute Gasteiger partial charge is 0.372 e. The van der Waals surface area contributed by atoms with Crippen molar-refractivity contribution in [2.24, 2.45) is 11.1 Å². The van der Waals surface area contributed by atoms with Crippen LogP contribution in [0.5, 0.6) is 0 Å². The van der Waals surface area contributed by atoms with Crippen molar-refractivity contribution in [1.29, 1.82) is 0 Å². The summed E-state index contributed by atoms with van der Waals surface area (Å²) in [6, 6.07) is 7.13. The van der Waals surface area contributed by atoms with Crippen LogP contribution < -0.4 is 5.73 Å². The summed E-state index contributed by atoms with van der Waals surface area (Å²) >= 11 is 6.00. The molecule has 0 fully saturated rings. The molecular formula is C12H18ClNO. The highest BCUT2D eigenvalue weighted by Crippen LogP contribution is 2.33. The molecule has 0 amide bonds. The predicted molar refractivity (Wildman–Crippen MR) is 63.6 cm³/mol. The van der Waals surface area contributed by atoms with Crippen molar-refractivity contribution in [2.45, 2.75) is 32.9 Å². The molecule has 84 valence electrons. The molecule has 1 unspecified atom stereocenters. The number of hydrogen-bond donors (Lipinski definition) is 2. The second kappa shape index (κ2) is 4.12. The second-order valence-corrected chi connectivity index (χ2v) is 5.55.